The van der Waals surface area contributed by atoms with E-state index < -0.39 is 0 Å². The van der Waals surface area contributed by atoms with Crippen molar-refractivity contribution in [3.63, 3.8) is 0 Å². The van der Waals surface area contributed by atoms with Crippen LogP contribution in [0.25, 0.3) is 11.3 Å². The number of aromatic nitrogens is 1. The Hall–Kier alpha value is -1.36. The van der Waals surface area contributed by atoms with Gasteiger partial charge in [0.25, 0.3) is 0 Å². The molecule has 0 spiro atoms. The van der Waals surface area contributed by atoms with E-state index in [4.69, 9.17) is 23.2 Å². The number of carbonyl (C=O) groups excluding carboxylic acids is 1. The first-order chi connectivity index (χ1) is 11.4. The smallest absolute Gasteiger partial charge is 0.224 e. The van der Waals surface area contributed by atoms with Gasteiger partial charge in [-0.05, 0) is 17.4 Å². The number of allylic oxidation sites excluding steroid dienone is 1. The second-order valence-electron chi connectivity index (χ2n) is 6.49. The van der Waals surface area contributed by atoms with E-state index in [1.807, 2.05) is 49.6 Å². The Morgan fingerprint density at radius 3 is 2.71 bits per heavy atom. The molecule has 6 heteroatoms. The number of benzene rings is 1. The summed E-state index contributed by atoms with van der Waals surface area (Å²) in [7, 11) is 0. The summed E-state index contributed by atoms with van der Waals surface area (Å²) in [5.41, 5.74) is 1.90. The van der Waals surface area contributed by atoms with Crippen molar-refractivity contribution in [2.75, 3.05) is 0 Å². The van der Waals surface area contributed by atoms with Gasteiger partial charge in [-0.25, -0.2) is 4.98 Å². The van der Waals surface area contributed by atoms with Crippen molar-refractivity contribution in [2.45, 2.75) is 20.4 Å². The van der Waals surface area contributed by atoms with E-state index in [0.29, 0.717) is 6.54 Å². The van der Waals surface area contributed by atoms with Crippen LogP contribution in [0.1, 0.15) is 18.9 Å². The van der Waals surface area contributed by atoms with Crippen LogP contribution in [0.4, 0.5) is 0 Å². The van der Waals surface area contributed by atoms with Crippen LogP contribution < -0.4 is 5.32 Å². The molecule has 0 saturated heterocycles. The Balaban J connectivity index is 1.60. The van der Waals surface area contributed by atoms with Crippen molar-refractivity contribution in [1.82, 2.24) is 10.3 Å². The van der Waals surface area contributed by atoms with E-state index in [1.165, 1.54) is 0 Å². The monoisotopic (exact) mass is 380 g/mol. The second kappa shape index (κ2) is 6.87. The van der Waals surface area contributed by atoms with Gasteiger partial charge in [0.2, 0.25) is 5.91 Å². The van der Waals surface area contributed by atoms with Gasteiger partial charge in [0.1, 0.15) is 9.50 Å². The van der Waals surface area contributed by atoms with Gasteiger partial charge in [-0.2, -0.15) is 0 Å². The number of rotatable bonds is 5. The van der Waals surface area contributed by atoms with Crippen molar-refractivity contribution in [1.29, 1.82) is 0 Å². The van der Waals surface area contributed by atoms with E-state index in [1.54, 1.807) is 17.4 Å². The number of nitrogens with zero attached hydrogens (tertiary/aromatic N) is 1. The first-order valence-electron chi connectivity index (χ1n) is 7.70. The molecule has 1 amide bonds. The number of thiazole rings is 1. The minimum Gasteiger partial charge on any atom is -0.349 e. The maximum Gasteiger partial charge on any atom is 0.224 e. The van der Waals surface area contributed by atoms with E-state index in [2.05, 4.69) is 10.3 Å². The quantitative estimate of drug-likeness (QED) is 0.791. The highest BCUT2D eigenvalue weighted by Gasteiger charge is 2.60. The summed E-state index contributed by atoms with van der Waals surface area (Å²) >= 11 is 13.0. The molecule has 1 fully saturated rings. The predicted octanol–water partition coefficient (Wildman–Crippen LogP) is 5.02. The van der Waals surface area contributed by atoms with Gasteiger partial charge in [-0.1, -0.05) is 67.4 Å². The lowest BCUT2D eigenvalue weighted by molar-refractivity contribution is -0.123. The van der Waals surface area contributed by atoms with Crippen LogP contribution >= 0.6 is 34.5 Å². The number of halogens is 2. The fourth-order valence-corrected chi connectivity index (χ4v) is 4.05. The average molecular weight is 381 g/mol. The molecule has 0 aliphatic heterocycles. The van der Waals surface area contributed by atoms with Crippen molar-refractivity contribution >= 4 is 40.4 Å². The molecule has 2 atom stereocenters. The summed E-state index contributed by atoms with van der Waals surface area (Å²) < 4.78 is 0.218. The summed E-state index contributed by atoms with van der Waals surface area (Å²) in [6.07, 6.45) is 1.75. The maximum atomic E-state index is 12.4. The minimum atomic E-state index is -0.114. The van der Waals surface area contributed by atoms with Crippen molar-refractivity contribution in [3.8, 4) is 11.3 Å². The van der Waals surface area contributed by atoms with E-state index in [0.717, 1.165) is 16.3 Å². The third-order valence-electron chi connectivity index (χ3n) is 4.53. The molecule has 3 rings (SSSR count). The molecule has 2 aromatic rings. The summed E-state index contributed by atoms with van der Waals surface area (Å²) in [6.45, 7) is 4.53. The third-order valence-corrected chi connectivity index (χ3v) is 5.63. The molecule has 1 aromatic carbocycles. The van der Waals surface area contributed by atoms with Crippen LogP contribution in [-0.4, -0.2) is 10.9 Å². The highest BCUT2D eigenvalue weighted by atomic mass is 35.5. The average Bonchev–Trinajstić information content (AvgIpc) is 2.90. The van der Waals surface area contributed by atoms with Gasteiger partial charge in [-0.15, -0.1) is 11.3 Å². The fourth-order valence-electron chi connectivity index (χ4n) is 3.03. The molecule has 1 aliphatic rings. The zero-order valence-electron chi connectivity index (χ0n) is 13.4. The molecule has 1 aliphatic carbocycles. The topological polar surface area (TPSA) is 42.0 Å². The first kappa shape index (κ1) is 17.5. The first-order valence-corrected chi connectivity index (χ1v) is 9.33. The SMILES string of the molecule is CC1(C)C(C=C(Cl)Cl)C1C(=O)NCc1nc(-c2ccccc2)cs1. The standard InChI is InChI=1S/C18H18Cl2N2OS/c1-18(2)12(8-14(19)20)16(18)17(23)21-9-15-22-13(10-24-15)11-6-4-3-5-7-11/h3-8,10,12,16H,9H2,1-2H3,(H,21,23). The molecule has 126 valence electrons. The molecule has 0 bridgehead atoms. The van der Waals surface area contributed by atoms with Gasteiger partial charge < -0.3 is 5.32 Å². The lowest BCUT2D eigenvalue weighted by Gasteiger charge is -2.04. The van der Waals surface area contributed by atoms with Crippen LogP contribution in [0.3, 0.4) is 0 Å². The highest BCUT2D eigenvalue weighted by molar-refractivity contribution is 7.09. The summed E-state index contributed by atoms with van der Waals surface area (Å²) in [4.78, 5) is 17.0. The number of hydrogen-bond donors (Lipinski definition) is 1. The zero-order valence-corrected chi connectivity index (χ0v) is 15.8. The number of amides is 1. The molecule has 1 aromatic heterocycles. The second-order valence-corrected chi connectivity index (χ2v) is 8.44. The molecule has 1 saturated carbocycles. The fraction of sp³-hybridized carbons (Fsp3) is 0.333. The maximum absolute atomic E-state index is 12.4. The lowest BCUT2D eigenvalue weighted by atomic mass is 10.1. The Labute approximate surface area is 155 Å². The number of hydrogen-bond acceptors (Lipinski definition) is 3. The summed E-state index contributed by atoms with van der Waals surface area (Å²) in [6, 6.07) is 10.0. The van der Waals surface area contributed by atoms with Gasteiger partial charge in [-0.3, -0.25) is 4.79 Å². The molecule has 1 heterocycles. The predicted molar refractivity (Wildman–Crippen MR) is 99.9 cm³/mol. The number of carbonyl (C=O) groups is 1. The molecule has 1 N–H and O–H groups in total. The van der Waals surface area contributed by atoms with Crippen molar-refractivity contribution in [2.24, 2.45) is 17.3 Å². The largest absolute Gasteiger partial charge is 0.349 e. The van der Waals surface area contributed by atoms with E-state index >= 15 is 0 Å². The lowest BCUT2D eigenvalue weighted by Crippen LogP contribution is -2.26. The van der Waals surface area contributed by atoms with Crippen LogP contribution in [0.15, 0.2) is 46.3 Å². The van der Waals surface area contributed by atoms with Gasteiger partial charge in [0, 0.05) is 10.9 Å². The summed E-state index contributed by atoms with van der Waals surface area (Å²) in [5.74, 6) is 0.00419. The van der Waals surface area contributed by atoms with Gasteiger partial charge >= 0.3 is 0 Å². The van der Waals surface area contributed by atoms with Crippen molar-refractivity contribution < 1.29 is 4.79 Å². The Kier molecular flexibility index (Phi) is 5.00. The van der Waals surface area contributed by atoms with Crippen LogP contribution in [0, 0.1) is 17.3 Å². The normalized spacial score (nSPS) is 21.2. The van der Waals surface area contributed by atoms with Gasteiger partial charge in [0.15, 0.2) is 0 Å². The molecule has 3 nitrogen and oxygen atoms in total. The molecular formula is C18H18Cl2N2OS. The Morgan fingerprint density at radius 2 is 2.04 bits per heavy atom. The van der Waals surface area contributed by atoms with Crippen LogP contribution in [0.2, 0.25) is 0 Å². The number of nitrogens with one attached hydrogen (secondary N) is 1. The summed E-state index contributed by atoms with van der Waals surface area (Å²) in [5, 5.41) is 5.88. The van der Waals surface area contributed by atoms with Crippen molar-refractivity contribution in [3.05, 3.63) is 51.3 Å². The molecular weight excluding hydrogens is 363 g/mol. The van der Waals surface area contributed by atoms with Crippen LogP contribution in [-0.2, 0) is 11.3 Å². The van der Waals surface area contributed by atoms with E-state index in [9.17, 15) is 4.79 Å². The molecule has 24 heavy (non-hydrogen) atoms. The Bertz CT molecular complexity index is 766. The molecule has 2 unspecified atom stereocenters. The Morgan fingerprint density at radius 1 is 1.33 bits per heavy atom. The third kappa shape index (κ3) is 3.66. The highest BCUT2D eigenvalue weighted by Crippen LogP contribution is 2.59. The van der Waals surface area contributed by atoms with E-state index in [-0.39, 0.29) is 27.6 Å². The zero-order chi connectivity index (χ0) is 17.3. The molecule has 0 radical (unpaired) electrons. The van der Waals surface area contributed by atoms with Gasteiger partial charge in [0.05, 0.1) is 18.2 Å². The minimum absolute atomic E-state index is 0.0206. The van der Waals surface area contributed by atoms with Crippen LogP contribution in [0.5, 0.6) is 0 Å².